The molecule has 0 aromatic heterocycles. The van der Waals surface area contributed by atoms with Crippen molar-refractivity contribution in [1.82, 2.24) is 0 Å². The minimum atomic E-state index is -0.381. The van der Waals surface area contributed by atoms with Gasteiger partial charge in [0.05, 0.1) is 5.41 Å². The molecule has 2 heteroatoms. The monoisotopic (exact) mass is 896 g/mol. The number of benzene rings is 5. The molecule has 67 heavy (non-hydrogen) atoms. The first-order valence-electron chi connectivity index (χ1n) is 24.9. The summed E-state index contributed by atoms with van der Waals surface area (Å²) in [6, 6.07) is 35.1. The summed E-state index contributed by atoms with van der Waals surface area (Å²) in [7, 11) is 0. The fourth-order valence-electron chi connectivity index (χ4n) is 13.1. The fourth-order valence-corrected chi connectivity index (χ4v) is 14.3. The van der Waals surface area contributed by atoms with Crippen molar-refractivity contribution in [3.05, 3.63) is 218 Å². The van der Waals surface area contributed by atoms with Crippen molar-refractivity contribution in [3.63, 3.8) is 0 Å². The normalized spacial score (nSPS) is 23.1. The molecule has 2 atom stereocenters. The molecule has 10 rings (SSSR count). The third-order valence-electron chi connectivity index (χ3n) is 16.8. The van der Waals surface area contributed by atoms with E-state index < -0.39 is 0 Å². The van der Waals surface area contributed by atoms with E-state index in [0.717, 1.165) is 37.8 Å². The van der Waals surface area contributed by atoms with Gasteiger partial charge in [-0.15, -0.1) is 0 Å². The molecule has 0 amide bonds. The smallest absolute Gasteiger partial charge is 0.0712 e. The zero-order valence-electron chi connectivity index (χ0n) is 41.9. The van der Waals surface area contributed by atoms with Crippen LogP contribution in [-0.4, -0.2) is 0 Å². The maximum atomic E-state index is 4.19. The first-order chi connectivity index (χ1) is 32.0. The molecule has 0 heterocycles. The number of rotatable bonds is 8. The molecular weight excluding hydrogens is 827 g/mol. The average molecular weight is 896 g/mol. The molecule has 2 unspecified atom stereocenters. The topological polar surface area (TPSA) is 12.0 Å². The van der Waals surface area contributed by atoms with Crippen molar-refractivity contribution < 1.29 is 0 Å². The SMILES string of the molecule is C=CC=C1/C(=C\Nc2ccc3c(c2-c2cc(C)cc(C)c2Sc2cccc(C4(c5ccccc5C)C5=CCCC=C5C5=C4C=CCC5)c2C)-c2ccccc2C3(C)C)C(C)(C)CC(C)C1(C)C. The van der Waals surface area contributed by atoms with Crippen LogP contribution in [0.4, 0.5) is 5.69 Å². The van der Waals surface area contributed by atoms with E-state index in [1.54, 1.807) is 5.57 Å². The second-order valence-electron chi connectivity index (χ2n) is 22.0. The fraction of sp³-hybridized carbons (Fsp3) is 0.323. The van der Waals surface area contributed by atoms with Gasteiger partial charge in [-0.2, -0.15) is 0 Å². The lowest BCUT2D eigenvalue weighted by molar-refractivity contribution is 0.171. The van der Waals surface area contributed by atoms with Crippen molar-refractivity contribution in [2.45, 2.75) is 129 Å². The number of aryl methyl sites for hydroxylation is 3. The first kappa shape index (κ1) is 45.2. The van der Waals surface area contributed by atoms with E-state index in [-0.39, 0.29) is 21.7 Å². The zero-order valence-corrected chi connectivity index (χ0v) is 42.7. The Kier molecular flexibility index (Phi) is 11.2. The van der Waals surface area contributed by atoms with Crippen LogP contribution >= 0.6 is 11.8 Å². The lowest BCUT2D eigenvalue weighted by Gasteiger charge is -2.48. The van der Waals surface area contributed by atoms with Gasteiger partial charge in [-0.05, 0) is 178 Å². The van der Waals surface area contributed by atoms with Gasteiger partial charge in [0, 0.05) is 32.7 Å². The minimum absolute atomic E-state index is 0.0118. The van der Waals surface area contributed by atoms with E-state index >= 15 is 0 Å². The predicted octanol–water partition coefficient (Wildman–Crippen LogP) is 18.1. The molecule has 340 valence electrons. The number of allylic oxidation sites excluding steroid dienone is 12. The van der Waals surface area contributed by atoms with Gasteiger partial charge < -0.3 is 5.32 Å². The molecule has 5 aromatic carbocycles. The number of fused-ring (bicyclic) bond motifs is 5. The Bertz CT molecular complexity index is 3090. The van der Waals surface area contributed by atoms with Crippen molar-refractivity contribution in [2.24, 2.45) is 16.7 Å². The highest BCUT2D eigenvalue weighted by Crippen LogP contribution is 2.62. The van der Waals surface area contributed by atoms with Crippen LogP contribution in [0.2, 0.25) is 0 Å². The summed E-state index contributed by atoms with van der Waals surface area (Å²) in [5, 5.41) is 4.07. The molecule has 0 bridgehead atoms. The molecule has 0 spiro atoms. The molecule has 0 saturated heterocycles. The molecule has 1 nitrogen and oxygen atoms in total. The van der Waals surface area contributed by atoms with Gasteiger partial charge in [0.25, 0.3) is 0 Å². The third-order valence-corrected chi connectivity index (χ3v) is 18.2. The van der Waals surface area contributed by atoms with Gasteiger partial charge >= 0.3 is 0 Å². The summed E-state index contributed by atoms with van der Waals surface area (Å²) < 4.78 is 0. The first-order valence-corrected chi connectivity index (χ1v) is 25.7. The van der Waals surface area contributed by atoms with E-state index in [1.807, 2.05) is 17.8 Å². The Hall–Kier alpha value is -5.57. The molecular formula is C65H69NS. The summed E-state index contributed by atoms with van der Waals surface area (Å²) in [6.07, 6.45) is 22.1. The lowest BCUT2D eigenvalue weighted by Crippen LogP contribution is -2.38. The molecule has 1 saturated carbocycles. The zero-order chi connectivity index (χ0) is 47.2. The lowest BCUT2D eigenvalue weighted by atomic mass is 9.56. The van der Waals surface area contributed by atoms with E-state index in [4.69, 9.17) is 0 Å². The molecule has 5 aliphatic carbocycles. The average Bonchev–Trinajstić information content (AvgIpc) is 3.72. The summed E-state index contributed by atoms with van der Waals surface area (Å²) in [5.41, 5.74) is 25.4. The van der Waals surface area contributed by atoms with Crippen LogP contribution in [0, 0.1) is 44.4 Å². The molecule has 1 N–H and O–H groups in total. The number of anilines is 1. The van der Waals surface area contributed by atoms with Gasteiger partial charge in [-0.25, -0.2) is 0 Å². The summed E-state index contributed by atoms with van der Waals surface area (Å²) in [5.74, 6) is 0.535. The number of hydrogen-bond acceptors (Lipinski definition) is 2. The second-order valence-corrected chi connectivity index (χ2v) is 23.1. The molecule has 0 aliphatic heterocycles. The maximum Gasteiger partial charge on any atom is 0.0712 e. The summed E-state index contributed by atoms with van der Waals surface area (Å²) in [6.45, 7) is 30.4. The van der Waals surface area contributed by atoms with Crippen molar-refractivity contribution >= 4 is 17.4 Å². The Labute approximate surface area is 406 Å². The number of hydrogen-bond donors (Lipinski definition) is 1. The molecule has 5 aromatic rings. The van der Waals surface area contributed by atoms with Crippen LogP contribution in [0.25, 0.3) is 22.3 Å². The molecule has 5 aliphatic rings. The standard InChI is InChI=1S/C65H69NS/c1-13-23-54-56(62(7,8)38-43(5)63(54,9)10)39-66-57-35-34-55-59(47-27-17-19-29-51(47)64(55,11)12)60(57)48-37-40(2)36-42(4)61(48)67-58-33-22-32-50(44(58)6)65(49-28-18-14-24-41(49)3)52-30-20-15-25-45(52)46-26-16-21-31-53(46)65/h13-14,17-20,22-24,26-37,39,43,66H,1,15-16,21,25,38H2,2-12H3/b54-23?,56-39+. The van der Waals surface area contributed by atoms with Crippen LogP contribution in [0.5, 0.6) is 0 Å². The Morgan fingerprint density at radius 1 is 0.701 bits per heavy atom. The van der Waals surface area contributed by atoms with E-state index in [9.17, 15) is 0 Å². The van der Waals surface area contributed by atoms with E-state index in [2.05, 4.69) is 216 Å². The number of nitrogens with one attached hydrogen (secondary N) is 1. The van der Waals surface area contributed by atoms with Crippen molar-refractivity contribution in [2.75, 3.05) is 5.32 Å². The summed E-state index contributed by atoms with van der Waals surface area (Å²) >= 11 is 1.96. The highest BCUT2D eigenvalue weighted by molar-refractivity contribution is 7.99. The quantitative estimate of drug-likeness (QED) is 0.167. The Morgan fingerprint density at radius 2 is 1.43 bits per heavy atom. The van der Waals surface area contributed by atoms with Crippen molar-refractivity contribution in [1.29, 1.82) is 0 Å². The van der Waals surface area contributed by atoms with Gasteiger partial charge in [-0.3, -0.25) is 0 Å². The second kappa shape index (κ2) is 16.6. The van der Waals surface area contributed by atoms with Crippen LogP contribution in [0.3, 0.4) is 0 Å². The van der Waals surface area contributed by atoms with Gasteiger partial charge in [0.2, 0.25) is 0 Å². The minimum Gasteiger partial charge on any atom is -0.361 e. The van der Waals surface area contributed by atoms with Crippen molar-refractivity contribution in [3.8, 4) is 22.3 Å². The Morgan fingerprint density at radius 3 is 2.21 bits per heavy atom. The van der Waals surface area contributed by atoms with Gasteiger partial charge in [0.1, 0.15) is 0 Å². The van der Waals surface area contributed by atoms with Crippen LogP contribution in [0.15, 0.2) is 183 Å². The van der Waals surface area contributed by atoms with E-state index in [1.165, 1.54) is 104 Å². The maximum absolute atomic E-state index is 4.19. The highest BCUT2D eigenvalue weighted by atomic mass is 32.2. The van der Waals surface area contributed by atoms with E-state index in [0.29, 0.717) is 5.92 Å². The van der Waals surface area contributed by atoms with Crippen LogP contribution < -0.4 is 5.32 Å². The molecule has 0 radical (unpaired) electrons. The third kappa shape index (κ3) is 6.94. The van der Waals surface area contributed by atoms with Crippen LogP contribution in [-0.2, 0) is 10.8 Å². The van der Waals surface area contributed by atoms with Crippen LogP contribution in [0.1, 0.15) is 125 Å². The van der Waals surface area contributed by atoms with Gasteiger partial charge in [0.15, 0.2) is 0 Å². The molecule has 1 fully saturated rings. The largest absolute Gasteiger partial charge is 0.361 e. The summed E-state index contributed by atoms with van der Waals surface area (Å²) in [4.78, 5) is 2.61. The highest BCUT2D eigenvalue weighted by Gasteiger charge is 2.51. The van der Waals surface area contributed by atoms with Gasteiger partial charge in [-0.1, -0.05) is 188 Å². The predicted molar refractivity (Wildman–Crippen MR) is 288 cm³/mol. The Balaban J connectivity index is 1.19.